The number of methoxy groups -OCH3 is 1. The Bertz CT molecular complexity index is 788. The van der Waals surface area contributed by atoms with Gasteiger partial charge in [0.05, 0.1) is 18.7 Å². The van der Waals surface area contributed by atoms with Crippen LogP contribution in [-0.4, -0.2) is 59.3 Å². The maximum absolute atomic E-state index is 12.9. The van der Waals surface area contributed by atoms with Gasteiger partial charge in [0.1, 0.15) is 0 Å². The largest absolute Gasteiger partial charge is 0.417 e. The highest BCUT2D eigenvalue weighted by atomic mass is 19.4. The zero-order valence-corrected chi connectivity index (χ0v) is 14.6. The molecule has 1 aliphatic heterocycles. The van der Waals surface area contributed by atoms with Crippen LogP contribution in [0.15, 0.2) is 23.3 Å². The van der Waals surface area contributed by atoms with Gasteiger partial charge >= 0.3 is 6.18 Å². The number of alkyl halides is 3. The lowest BCUT2D eigenvalue weighted by atomic mass is 10.1. The standard InChI is InChI=1S/C16H21F3N6O/c1-20-15(24-6-5-11(8-24)10-26-2)21-7-14-23-22-13-4-3-12(9-25(13)14)16(17,18)19/h3-4,9,11H,5-8,10H2,1-2H3,(H,20,21). The van der Waals surface area contributed by atoms with Crippen molar-refractivity contribution in [2.45, 2.75) is 19.1 Å². The fraction of sp³-hybridized carbons (Fsp3) is 0.562. The summed E-state index contributed by atoms with van der Waals surface area (Å²) in [6, 6.07) is 2.31. The summed E-state index contributed by atoms with van der Waals surface area (Å²) in [7, 11) is 3.36. The zero-order valence-electron chi connectivity index (χ0n) is 14.6. The third-order valence-electron chi connectivity index (χ3n) is 4.40. The first-order valence-electron chi connectivity index (χ1n) is 8.27. The molecule has 3 rings (SSSR count). The molecular formula is C16H21F3N6O. The number of rotatable bonds is 4. The van der Waals surface area contributed by atoms with E-state index in [2.05, 4.69) is 25.4 Å². The van der Waals surface area contributed by atoms with Crippen molar-refractivity contribution < 1.29 is 17.9 Å². The van der Waals surface area contributed by atoms with Gasteiger partial charge in [-0.25, -0.2) is 0 Å². The van der Waals surface area contributed by atoms with Gasteiger partial charge in [-0.1, -0.05) is 0 Å². The molecule has 10 heteroatoms. The van der Waals surface area contributed by atoms with E-state index in [-0.39, 0.29) is 6.54 Å². The molecule has 1 atom stereocenters. The molecule has 7 nitrogen and oxygen atoms in total. The van der Waals surface area contributed by atoms with Crippen molar-refractivity contribution in [3.8, 4) is 0 Å². The molecule has 0 saturated carbocycles. The van der Waals surface area contributed by atoms with Gasteiger partial charge in [-0.2, -0.15) is 13.2 Å². The normalized spacial score (nSPS) is 18.7. The lowest BCUT2D eigenvalue weighted by Crippen LogP contribution is -2.40. The minimum absolute atomic E-state index is 0.223. The Labute approximate surface area is 148 Å². The molecule has 0 aromatic carbocycles. The summed E-state index contributed by atoms with van der Waals surface area (Å²) < 4.78 is 45.3. The molecule has 0 bridgehead atoms. The summed E-state index contributed by atoms with van der Waals surface area (Å²) in [4.78, 5) is 6.36. The highest BCUT2D eigenvalue weighted by Gasteiger charge is 2.31. The molecule has 3 heterocycles. The number of ether oxygens (including phenoxy) is 1. The number of nitrogens with zero attached hydrogens (tertiary/aromatic N) is 5. The van der Waals surface area contributed by atoms with Gasteiger partial charge in [0.25, 0.3) is 0 Å². The van der Waals surface area contributed by atoms with Crippen molar-refractivity contribution in [3.05, 3.63) is 29.7 Å². The number of halogens is 3. The molecule has 0 spiro atoms. The van der Waals surface area contributed by atoms with Gasteiger partial charge in [-0.05, 0) is 18.6 Å². The van der Waals surface area contributed by atoms with Crippen molar-refractivity contribution in [2.75, 3.05) is 33.9 Å². The molecule has 1 N–H and O–H groups in total. The smallest absolute Gasteiger partial charge is 0.384 e. The van der Waals surface area contributed by atoms with Crippen LogP contribution in [0.1, 0.15) is 17.8 Å². The third-order valence-corrected chi connectivity index (χ3v) is 4.40. The maximum atomic E-state index is 12.9. The summed E-state index contributed by atoms with van der Waals surface area (Å²) in [6.07, 6.45) is -2.39. The quantitative estimate of drug-likeness (QED) is 0.657. The van der Waals surface area contributed by atoms with Crippen LogP contribution in [0.25, 0.3) is 5.65 Å². The Kier molecular flexibility index (Phi) is 5.30. The van der Waals surface area contributed by atoms with E-state index >= 15 is 0 Å². The Morgan fingerprint density at radius 3 is 2.88 bits per heavy atom. The predicted octanol–water partition coefficient (Wildman–Crippen LogP) is 1.79. The van der Waals surface area contributed by atoms with Crippen molar-refractivity contribution in [1.29, 1.82) is 0 Å². The average molecular weight is 370 g/mol. The lowest BCUT2D eigenvalue weighted by Gasteiger charge is -2.21. The summed E-state index contributed by atoms with van der Waals surface area (Å²) in [5, 5.41) is 11.1. The molecule has 142 valence electrons. The van der Waals surface area contributed by atoms with Gasteiger partial charge in [0.15, 0.2) is 17.4 Å². The molecule has 1 unspecified atom stereocenters. The number of aliphatic imine (C=N–C) groups is 1. The highest BCUT2D eigenvalue weighted by Crippen LogP contribution is 2.29. The SMILES string of the molecule is CN=C(NCc1nnc2ccc(C(F)(F)F)cn12)N1CCC(COC)C1. The number of pyridine rings is 1. The molecular weight excluding hydrogens is 349 g/mol. The average Bonchev–Trinajstić information content (AvgIpc) is 3.22. The second-order valence-corrected chi connectivity index (χ2v) is 6.22. The van der Waals surface area contributed by atoms with Gasteiger partial charge < -0.3 is 15.0 Å². The van der Waals surface area contributed by atoms with Crippen molar-refractivity contribution >= 4 is 11.6 Å². The third kappa shape index (κ3) is 3.90. The van der Waals surface area contributed by atoms with Crippen LogP contribution < -0.4 is 5.32 Å². The number of fused-ring (bicyclic) bond motifs is 1. The molecule has 1 fully saturated rings. The lowest BCUT2D eigenvalue weighted by molar-refractivity contribution is -0.137. The fourth-order valence-electron chi connectivity index (χ4n) is 3.11. The number of nitrogens with one attached hydrogen (secondary N) is 1. The van der Waals surface area contributed by atoms with Crippen LogP contribution in [0.5, 0.6) is 0 Å². The molecule has 0 radical (unpaired) electrons. The summed E-state index contributed by atoms with van der Waals surface area (Å²) in [6.45, 7) is 2.60. The Morgan fingerprint density at radius 2 is 2.19 bits per heavy atom. The summed E-state index contributed by atoms with van der Waals surface area (Å²) in [5.74, 6) is 1.52. The van der Waals surface area contributed by atoms with Gasteiger partial charge in [0, 0.05) is 39.4 Å². The minimum atomic E-state index is -4.41. The van der Waals surface area contributed by atoms with E-state index in [1.165, 1.54) is 10.5 Å². The van der Waals surface area contributed by atoms with Gasteiger partial charge in [0.2, 0.25) is 0 Å². The molecule has 26 heavy (non-hydrogen) atoms. The summed E-state index contributed by atoms with van der Waals surface area (Å²) in [5.41, 5.74) is -0.372. The first-order chi connectivity index (χ1) is 12.4. The topological polar surface area (TPSA) is 67.0 Å². The predicted molar refractivity (Wildman–Crippen MR) is 89.7 cm³/mol. The Balaban J connectivity index is 1.71. The van der Waals surface area contributed by atoms with Crippen LogP contribution in [-0.2, 0) is 17.5 Å². The first kappa shape index (κ1) is 18.4. The monoisotopic (exact) mass is 370 g/mol. The van der Waals surface area contributed by atoms with E-state index < -0.39 is 11.7 Å². The molecule has 2 aromatic rings. The van der Waals surface area contributed by atoms with E-state index in [1.54, 1.807) is 14.2 Å². The van der Waals surface area contributed by atoms with Crippen LogP contribution in [0.4, 0.5) is 13.2 Å². The number of likely N-dealkylation sites (tertiary alicyclic amines) is 1. The second-order valence-electron chi connectivity index (χ2n) is 6.22. The number of guanidine groups is 1. The van der Waals surface area contributed by atoms with Crippen LogP contribution in [0.3, 0.4) is 0 Å². The van der Waals surface area contributed by atoms with Crippen LogP contribution in [0, 0.1) is 5.92 Å². The van der Waals surface area contributed by atoms with E-state index in [0.717, 1.165) is 31.8 Å². The molecule has 0 amide bonds. The van der Waals surface area contributed by atoms with Crippen molar-refractivity contribution in [2.24, 2.45) is 10.9 Å². The highest BCUT2D eigenvalue weighted by molar-refractivity contribution is 5.80. The van der Waals surface area contributed by atoms with E-state index in [1.807, 2.05) is 0 Å². The van der Waals surface area contributed by atoms with E-state index in [4.69, 9.17) is 4.74 Å². The first-order valence-corrected chi connectivity index (χ1v) is 8.27. The second kappa shape index (κ2) is 7.48. The molecule has 2 aromatic heterocycles. The number of aromatic nitrogens is 3. The minimum Gasteiger partial charge on any atom is -0.384 e. The van der Waals surface area contributed by atoms with E-state index in [9.17, 15) is 13.2 Å². The van der Waals surface area contributed by atoms with Crippen LogP contribution >= 0.6 is 0 Å². The maximum Gasteiger partial charge on any atom is 0.417 e. The Morgan fingerprint density at radius 1 is 1.38 bits per heavy atom. The zero-order chi connectivity index (χ0) is 18.7. The van der Waals surface area contributed by atoms with Crippen LogP contribution in [0.2, 0.25) is 0 Å². The van der Waals surface area contributed by atoms with E-state index in [0.29, 0.717) is 30.0 Å². The van der Waals surface area contributed by atoms with Crippen molar-refractivity contribution in [3.63, 3.8) is 0 Å². The number of hydrogen-bond donors (Lipinski definition) is 1. The van der Waals surface area contributed by atoms with Crippen molar-refractivity contribution in [1.82, 2.24) is 24.8 Å². The Hall–Kier alpha value is -2.36. The fourth-order valence-corrected chi connectivity index (χ4v) is 3.11. The summed E-state index contributed by atoms with van der Waals surface area (Å²) >= 11 is 0. The number of hydrogen-bond acceptors (Lipinski definition) is 4. The van der Waals surface area contributed by atoms with Gasteiger partial charge in [-0.3, -0.25) is 9.39 Å². The molecule has 1 saturated heterocycles. The molecule has 1 aliphatic rings. The molecule has 0 aliphatic carbocycles. The van der Waals surface area contributed by atoms with Gasteiger partial charge in [-0.15, -0.1) is 10.2 Å².